The van der Waals surface area contributed by atoms with Crippen molar-refractivity contribution < 1.29 is 4.42 Å². The molecule has 2 N–H and O–H groups in total. The predicted molar refractivity (Wildman–Crippen MR) is 81.1 cm³/mol. The lowest BCUT2D eigenvalue weighted by atomic mass is 10.1. The maximum atomic E-state index is 6.26. The first-order chi connectivity index (χ1) is 9.15. The molecule has 2 nitrogen and oxygen atoms in total. The molecule has 0 saturated heterocycles. The van der Waals surface area contributed by atoms with E-state index in [2.05, 4.69) is 15.9 Å². The Labute approximate surface area is 120 Å². The van der Waals surface area contributed by atoms with Gasteiger partial charge >= 0.3 is 0 Å². The maximum absolute atomic E-state index is 6.26. The number of hydrogen-bond donors (Lipinski definition) is 1. The first-order valence-electron chi connectivity index (χ1n) is 6.15. The van der Waals surface area contributed by atoms with Crippen LogP contribution in [0.1, 0.15) is 22.9 Å². The number of hydrogen-bond acceptors (Lipinski definition) is 2. The van der Waals surface area contributed by atoms with Gasteiger partial charge in [0, 0.05) is 9.86 Å². The molecule has 3 heteroatoms. The zero-order valence-corrected chi connectivity index (χ0v) is 12.1. The van der Waals surface area contributed by atoms with E-state index in [1.807, 2.05) is 55.5 Å². The Bertz CT molecular complexity index is 718. The van der Waals surface area contributed by atoms with E-state index in [1.165, 1.54) is 0 Å². The van der Waals surface area contributed by atoms with Crippen molar-refractivity contribution in [1.29, 1.82) is 0 Å². The van der Waals surface area contributed by atoms with Gasteiger partial charge in [0.15, 0.2) is 0 Å². The maximum Gasteiger partial charge on any atom is 0.137 e. The van der Waals surface area contributed by atoms with Crippen molar-refractivity contribution in [3.63, 3.8) is 0 Å². The molecule has 0 aliphatic carbocycles. The highest BCUT2D eigenvalue weighted by molar-refractivity contribution is 9.10. The summed E-state index contributed by atoms with van der Waals surface area (Å²) in [6, 6.07) is 15.9. The summed E-state index contributed by atoms with van der Waals surface area (Å²) in [7, 11) is 0. The number of benzene rings is 2. The molecule has 0 aliphatic rings. The molecule has 0 spiro atoms. The normalized spacial score (nSPS) is 12.8. The molecule has 3 rings (SSSR count). The zero-order valence-electron chi connectivity index (χ0n) is 10.6. The second kappa shape index (κ2) is 4.83. The van der Waals surface area contributed by atoms with Crippen LogP contribution in [0.2, 0.25) is 0 Å². The van der Waals surface area contributed by atoms with E-state index in [9.17, 15) is 0 Å². The summed E-state index contributed by atoms with van der Waals surface area (Å²) in [5.74, 6) is 0.794. The molecule has 1 atom stereocenters. The molecule has 1 heterocycles. The largest absolute Gasteiger partial charge is 0.459 e. The number of fused-ring (bicyclic) bond motifs is 1. The monoisotopic (exact) mass is 315 g/mol. The number of rotatable bonds is 2. The highest BCUT2D eigenvalue weighted by atomic mass is 79.9. The van der Waals surface area contributed by atoms with Crippen LogP contribution in [0.25, 0.3) is 11.0 Å². The third-order valence-electron chi connectivity index (χ3n) is 3.25. The van der Waals surface area contributed by atoms with Crippen LogP contribution in [-0.2, 0) is 0 Å². The van der Waals surface area contributed by atoms with Crippen molar-refractivity contribution in [3.05, 3.63) is 69.9 Å². The van der Waals surface area contributed by atoms with E-state index in [-0.39, 0.29) is 6.04 Å². The lowest BCUT2D eigenvalue weighted by molar-refractivity contribution is 0.523. The van der Waals surface area contributed by atoms with Crippen LogP contribution >= 0.6 is 15.9 Å². The van der Waals surface area contributed by atoms with E-state index >= 15 is 0 Å². The summed E-state index contributed by atoms with van der Waals surface area (Å²) < 4.78 is 6.98. The van der Waals surface area contributed by atoms with Gasteiger partial charge in [-0.25, -0.2) is 0 Å². The van der Waals surface area contributed by atoms with Crippen LogP contribution in [0.3, 0.4) is 0 Å². The fraction of sp³-hybridized carbons (Fsp3) is 0.125. The molecule has 0 fully saturated rings. The van der Waals surface area contributed by atoms with Crippen LogP contribution < -0.4 is 5.73 Å². The first kappa shape index (κ1) is 12.5. The fourth-order valence-corrected chi connectivity index (χ4v) is 2.87. The second-order valence-corrected chi connectivity index (χ2v) is 5.59. The Morgan fingerprint density at radius 3 is 2.58 bits per heavy atom. The van der Waals surface area contributed by atoms with Crippen molar-refractivity contribution in [2.24, 2.45) is 5.73 Å². The van der Waals surface area contributed by atoms with Crippen LogP contribution in [0.4, 0.5) is 0 Å². The van der Waals surface area contributed by atoms with Gasteiger partial charge in [0.05, 0.1) is 6.04 Å². The number of halogens is 1. The van der Waals surface area contributed by atoms with Gasteiger partial charge in [0.25, 0.3) is 0 Å². The van der Waals surface area contributed by atoms with Gasteiger partial charge in [0.2, 0.25) is 0 Å². The van der Waals surface area contributed by atoms with Crippen molar-refractivity contribution in [3.8, 4) is 0 Å². The second-order valence-electron chi connectivity index (χ2n) is 4.68. The Hall–Kier alpha value is -1.58. The van der Waals surface area contributed by atoms with Crippen molar-refractivity contribution >= 4 is 26.9 Å². The van der Waals surface area contributed by atoms with Gasteiger partial charge in [-0.3, -0.25) is 0 Å². The summed E-state index contributed by atoms with van der Waals surface area (Å²) in [5, 5.41) is 1.08. The average Bonchev–Trinajstić information content (AvgIpc) is 2.83. The van der Waals surface area contributed by atoms with Crippen molar-refractivity contribution in [2.45, 2.75) is 13.0 Å². The third kappa shape index (κ3) is 2.31. The summed E-state index contributed by atoms with van der Waals surface area (Å²) in [5.41, 5.74) is 9.33. The molecule has 0 radical (unpaired) electrons. The molecular weight excluding hydrogens is 302 g/mol. The molecule has 0 saturated carbocycles. The lowest BCUT2D eigenvalue weighted by Gasteiger charge is -2.08. The topological polar surface area (TPSA) is 39.2 Å². The number of furan rings is 1. The third-order valence-corrected chi connectivity index (χ3v) is 3.71. The predicted octanol–water partition coefficient (Wildman–Crippen LogP) is 4.55. The minimum absolute atomic E-state index is 0.230. The van der Waals surface area contributed by atoms with E-state index < -0.39 is 0 Å². The lowest BCUT2D eigenvalue weighted by Crippen LogP contribution is -2.10. The molecule has 2 aromatic carbocycles. The molecule has 1 unspecified atom stereocenters. The van der Waals surface area contributed by atoms with Gasteiger partial charge in [-0.1, -0.05) is 46.3 Å². The van der Waals surface area contributed by atoms with Gasteiger partial charge in [-0.15, -0.1) is 0 Å². The van der Waals surface area contributed by atoms with E-state index in [0.717, 1.165) is 32.3 Å². The fourth-order valence-electron chi connectivity index (χ4n) is 2.28. The number of nitrogens with two attached hydrogens (primary N) is 1. The summed E-state index contributed by atoms with van der Waals surface area (Å²) in [6.45, 7) is 2.04. The summed E-state index contributed by atoms with van der Waals surface area (Å²) >= 11 is 3.50. The van der Waals surface area contributed by atoms with Gasteiger partial charge in [-0.2, -0.15) is 0 Å². The highest BCUT2D eigenvalue weighted by Crippen LogP contribution is 2.30. The molecule has 0 amide bonds. The number of aryl methyl sites for hydroxylation is 1. The molecule has 0 bridgehead atoms. The first-order valence-corrected chi connectivity index (χ1v) is 6.94. The standard InChI is InChI=1S/C16H14BrNO/c1-10-7-13(17)8-12-9-14(19-16(10)12)15(18)11-5-3-2-4-6-11/h2-9,15H,18H2,1H3. The van der Waals surface area contributed by atoms with Crippen LogP contribution in [0, 0.1) is 6.92 Å². The minimum Gasteiger partial charge on any atom is -0.459 e. The Kier molecular flexibility index (Phi) is 3.17. The molecule has 19 heavy (non-hydrogen) atoms. The van der Waals surface area contributed by atoms with Crippen molar-refractivity contribution in [2.75, 3.05) is 0 Å². The van der Waals surface area contributed by atoms with Crippen molar-refractivity contribution in [1.82, 2.24) is 0 Å². The minimum atomic E-state index is -0.230. The summed E-state index contributed by atoms with van der Waals surface area (Å²) in [4.78, 5) is 0. The van der Waals surface area contributed by atoms with Gasteiger partial charge in [-0.05, 0) is 36.2 Å². The molecule has 3 aromatic rings. The van der Waals surface area contributed by atoms with Gasteiger partial charge < -0.3 is 10.2 Å². The van der Waals surface area contributed by atoms with E-state index in [4.69, 9.17) is 10.2 Å². The molecule has 0 aliphatic heterocycles. The quantitative estimate of drug-likeness (QED) is 0.753. The van der Waals surface area contributed by atoms with Crippen LogP contribution in [-0.4, -0.2) is 0 Å². The molecule has 1 aromatic heterocycles. The van der Waals surface area contributed by atoms with Gasteiger partial charge in [0.1, 0.15) is 11.3 Å². The van der Waals surface area contributed by atoms with E-state index in [0.29, 0.717) is 0 Å². The smallest absolute Gasteiger partial charge is 0.137 e. The van der Waals surface area contributed by atoms with E-state index in [1.54, 1.807) is 0 Å². The Morgan fingerprint density at radius 2 is 1.84 bits per heavy atom. The SMILES string of the molecule is Cc1cc(Br)cc2cc(C(N)c3ccccc3)oc12. The van der Waals surface area contributed by atoms with Crippen LogP contribution in [0.15, 0.2) is 57.4 Å². The highest BCUT2D eigenvalue weighted by Gasteiger charge is 2.15. The summed E-state index contributed by atoms with van der Waals surface area (Å²) in [6.07, 6.45) is 0. The molecular formula is C16H14BrNO. The molecule has 96 valence electrons. The Balaban J connectivity index is 2.09. The average molecular weight is 316 g/mol. The Morgan fingerprint density at radius 1 is 1.11 bits per heavy atom. The zero-order chi connectivity index (χ0) is 13.4. The van der Waals surface area contributed by atoms with Crippen LogP contribution in [0.5, 0.6) is 0 Å².